The summed E-state index contributed by atoms with van der Waals surface area (Å²) in [4.78, 5) is 4.35. The molecule has 1 aromatic rings. The standard InChI is InChI=1S/C12H15N/c1-4-7-10(3)12-11(5-2)8-6-9-13-12/h4-9H,1-3H3/b7-4-,11-5-,12-10+. The minimum absolute atomic E-state index is 1.07. The fourth-order valence-corrected chi connectivity index (χ4v) is 1.31. The van der Waals surface area contributed by atoms with Gasteiger partial charge < -0.3 is 0 Å². The molecule has 0 bridgehead atoms. The molecule has 1 heteroatoms. The molecule has 0 N–H and O–H groups in total. The molecular formula is C12H15N. The van der Waals surface area contributed by atoms with Crippen molar-refractivity contribution in [3.05, 3.63) is 41.0 Å². The van der Waals surface area contributed by atoms with Crippen LogP contribution in [0.15, 0.2) is 30.5 Å². The Labute approximate surface area is 79.1 Å². The Morgan fingerprint density at radius 3 is 2.77 bits per heavy atom. The molecule has 0 fully saturated rings. The molecule has 0 amide bonds. The van der Waals surface area contributed by atoms with Crippen LogP contribution in [0.4, 0.5) is 0 Å². The maximum Gasteiger partial charge on any atom is 0.0727 e. The van der Waals surface area contributed by atoms with Crippen LogP contribution in [0.2, 0.25) is 0 Å². The van der Waals surface area contributed by atoms with E-state index in [1.54, 1.807) is 0 Å². The van der Waals surface area contributed by atoms with Crippen molar-refractivity contribution in [3.63, 3.8) is 0 Å². The predicted molar refractivity (Wildman–Crippen MR) is 57.5 cm³/mol. The summed E-state index contributed by atoms with van der Waals surface area (Å²) in [6.45, 7) is 6.13. The largest absolute Gasteiger partial charge is 0.256 e. The van der Waals surface area contributed by atoms with Gasteiger partial charge in [-0.25, -0.2) is 0 Å². The number of hydrogen-bond acceptors (Lipinski definition) is 1. The van der Waals surface area contributed by atoms with Crippen molar-refractivity contribution in [1.29, 1.82) is 0 Å². The molecule has 1 aromatic heterocycles. The van der Waals surface area contributed by atoms with Gasteiger partial charge in [0.15, 0.2) is 0 Å². The fraction of sp³-hybridized carbons (Fsp3) is 0.250. The van der Waals surface area contributed by atoms with Gasteiger partial charge in [-0.3, -0.25) is 4.98 Å². The van der Waals surface area contributed by atoms with Crippen LogP contribution in [0.5, 0.6) is 0 Å². The maximum absolute atomic E-state index is 4.35. The van der Waals surface area contributed by atoms with Gasteiger partial charge in [0.05, 0.1) is 5.35 Å². The van der Waals surface area contributed by atoms with Gasteiger partial charge in [0.1, 0.15) is 0 Å². The van der Waals surface area contributed by atoms with E-state index in [1.165, 1.54) is 10.8 Å². The Morgan fingerprint density at radius 2 is 2.15 bits per heavy atom. The van der Waals surface area contributed by atoms with E-state index in [0.717, 1.165) is 5.35 Å². The van der Waals surface area contributed by atoms with Crippen molar-refractivity contribution >= 4 is 11.6 Å². The number of nitrogens with zero attached hydrogens (tertiary/aromatic N) is 1. The fourth-order valence-electron chi connectivity index (χ4n) is 1.31. The molecule has 1 heterocycles. The molecule has 0 unspecified atom stereocenters. The van der Waals surface area contributed by atoms with E-state index in [0.29, 0.717) is 0 Å². The highest BCUT2D eigenvalue weighted by atomic mass is 14.6. The van der Waals surface area contributed by atoms with E-state index in [2.05, 4.69) is 30.1 Å². The third-order valence-electron chi connectivity index (χ3n) is 1.94. The van der Waals surface area contributed by atoms with Gasteiger partial charge in [0, 0.05) is 6.20 Å². The Balaban J connectivity index is 3.54. The first kappa shape index (κ1) is 9.72. The normalized spacial score (nSPS) is 15.2. The van der Waals surface area contributed by atoms with Gasteiger partial charge >= 0.3 is 0 Å². The monoisotopic (exact) mass is 173 g/mol. The van der Waals surface area contributed by atoms with E-state index in [4.69, 9.17) is 0 Å². The molecule has 68 valence electrons. The van der Waals surface area contributed by atoms with E-state index in [9.17, 15) is 0 Å². The summed E-state index contributed by atoms with van der Waals surface area (Å²) in [6.07, 6.45) is 8.02. The second-order valence-electron chi connectivity index (χ2n) is 2.91. The van der Waals surface area contributed by atoms with Crippen LogP contribution in [0, 0.1) is 0 Å². The first-order valence-electron chi connectivity index (χ1n) is 4.50. The molecular weight excluding hydrogens is 158 g/mol. The first-order chi connectivity index (χ1) is 6.29. The van der Waals surface area contributed by atoms with Crippen LogP contribution in [0.3, 0.4) is 0 Å². The molecule has 0 atom stereocenters. The number of aromatic nitrogens is 1. The zero-order chi connectivity index (χ0) is 9.68. The van der Waals surface area contributed by atoms with Gasteiger partial charge in [-0.2, -0.15) is 0 Å². The average molecular weight is 173 g/mol. The third kappa shape index (κ3) is 2.28. The second kappa shape index (κ2) is 4.61. The van der Waals surface area contributed by atoms with E-state index < -0.39 is 0 Å². The quantitative estimate of drug-likeness (QED) is 0.629. The third-order valence-corrected chi connectivity index (χ3v) is 1.94. The molecule has 0 aliphatic carbocycles. The van der Waals surface area contributed by atoms with Crippen molar-refractivity contribution in [2.24, 2.45) is 0 Å². The first-order valence-corrected chi connectivity index (χ1v) is 4.50. The second-order valence-corrected chi connectivity index (χ2v) is 2.91. The average Bonchev–Trinajstić information content (AvgIpc) is 2.18. The van der Waals surface area contributed by atoms with Crippen LogP contribution < -0.4 is 10.6 Å². The van der Waals surface area contributed by atoms with E-state index in [-0.39, 0.29) is 0 Å². The van der Waals surface area contributed by atoms with Gasteiger partial charge in [-0.1, -0.05) is 24.3 Å². The Hall–Kier alpha value is -1.37. The minimum Gasteiger partial charge on any atom is -0.256 e. The molecule has 1 rings (SSSR count). The Morgan fingerprint density at radius 1 is 1.38 bits per heavy atom. The highest BCUT2D eigenvalue weighted by Crippen LogP contribution is 1.89. The summed E-state index contributed by atoms with van der Waals surface area (Å²) >= 11 is 0. The summed E-state index contributed by atoms with van der Waals surface area (Å²) in [5.41, 5.74) is 1.20. The lowest BCUT2D eigenvalue weighted by Gasteiger charge is -1.92. The zero-order valence-electron chi connectivity index (χ0n) is 8.41. The van der Waals surface area contributed by atoms with Crippen LogP contribution in [0.1, 0.15) is 20.8 Å². The highest BCUT2D eigenvalue weighted by molar-refractivity contribution is 5.52. The lowest BCUT2D eigenvalue weighted by molar-refractivity contribution is 1.20. The summed E-state index contributed by atoms with van der Waals surface area (Å²) in [6, 6.07) is 4.04. The van der Waals surface area contributed by atoms with Gasteiger partial charge in [0.25, 0.3) is 0 Å². The molecule has 0 saturated carbocycles. The minimum atomic E-state index is 1.07. The zero-order valence-corrected chi connectivity index (χ0v) is 8.41. The van der Waals surface area contributed by atoms with Crippen molar-refractivity contribution in [2.75, 3.05) is 0 Å². The summed E-state index contributed by atoms with van der Waals surface area (Å²) in [5, 5.41) is 2.27. The molecule has 0 aromatic carbocycles. The van der Waals surface area contributed by atoms with Crippen LogP contribution in [-0.2, 0) is 0 Å². The van der Waals surface area contributed by atoms with Gasteiger partial charge in [-0.15, -0.1) is 0 Å². The maximum atomic E-state index is 4.35. The van der Waals surface area contributed by atoms with Gasteiger partial charge in [0.2, 0.25) is 0 Å². The predicted octanol–water partition coefficient (Wildman–Crippen LogP) is 1.63. The summed E-state index contributed by atoms with van der Waals surface area (Å²) in [5.74, 6) is 0. The smallest absolute Gasteiger partial charge is 0.0727 e. The number of hydrogen-bond donors (Lipinski definition) is 0. The Kier molecular flexibility index (Phi) is 3.44. The van der Waals surface area contributed by atoms with E-state index >= 15 is 0 Å². The van der Waals surface area contributed by atoms with Crippen LogP contribution >= 0.6 is 0 Å². The van der Waals surface area contributed by atoms with Crippen LogP contribution in [-0.4, -0.2) is 4.98 Å². The molecule has 0 spiro atoms. The Bertz CT molecular complexity index is 413. The lowest BCUT2D eigenvalue weighted by atomic mass is 10.2. The molecule has 0 aliphatic heterocycles. The van der Waals surface area contributed by atoms with E-state index in [1.807, 2.05) is 32.2 Å². The number of allylic oxidation sites excluding steroid dienone is 2. The molecule has 0 aliphatic rings. The van der Waals surface area contributed by atoms with Crippen molar-refractivity contribution in [3.8, 4) is 0 Å². The molecule has 0 saturated heterocycles. The number of rotatable bonds is 1. The summed E-state index contributed by atoms with van der Waals surface area (Å²) in [7, 11) is 0. The molecule has 0 radical (unpaired) electrons. The highest BCUT2D eigenvalue weighted by Gasteiger charge is 1.87. The topological polar surface area (TPSA) is 12.9 Å². The van der Waals surface area contributed by atoms with Crippen molar-refractivity contribution < 1.29 is 0 Å². The number of pyridine rings is 1. The lowest BCUT2D eigenvalue weighted by Crippen LogP contribution is -2.28. The molecule has 13 heavy (non-hydrogen) atoms. The summed E-state index contributed by atoms with van der Waals surface area (Å²) < 4.78 is 0. The van der Waals surface area contributed by atoms with Crippen molar-refractivity contribution in [2.45, 2.75) is 20.8 Å². The van der Waals surface area contributed by atoms with Gasteiger partial charge in [-0.05, 0) is 37.6 Å². The van der Waals surface area contributed by atoms with Crippen molar-refractivity contribution in [1.82, 2.24) is 4.98 Å². The van der Waals surface area contributed by atoms with Crippen LogP contribution in [0.25, 0.3) is 11.6 Å². The molecule has 1 nitrogen and oxygen atoms in total. The SMILES string of the molecule is C\C=C/C(C)=c1/nccc/c1=C/C.